The second kappa shape index (κ2) is 9.71. The van der Waals surface area contributed by atoms with Crippen LogP contribution in [0, 0.1) is 0 Å². The van der Waals surface area contributed by atoms with Crippen LogP contribution in [0.3, 0.4) is 0 Å². The Morgan fingerprint density at radius 3 is 2.00 bits per heavy atom. The van der Waals surface area contributed by atoms with Gasteiger partial charge in [-0.15, -0.1) is 9.24 Å². The lowest BCUT2D eigenvalue weighted by molar-refractivity contribution is -0.133. The fourth-order valence-electron chi connectivity index (χ4n) is 1.71. The van der Waals surface area contributed by atoms with E-state index < -0.39 is 11.7 Å². The summed E-state index contributed by atoms with van der Waals surface area (Å²) in [6.07, 6.45) is 0.256. The first-order valence-electron chi connectivity index (χ1n) is 7.61. The molecule has 23 heavy (non-hydrogen) atoms. The van der Waals surface area contributed by atoms with Gasteiger partial charge in [0.2, 0.25) is 11.8 Å². The van der Waals surface area contributed by atoms with Gasteiger partial charge in [0.15, 0.2) is 0 Å². The van der Waals surface area contributed by atoms with Crippen molar-refractivity contribution in [1.29, 1.82) is 0 Å². The summed E-state index contributed by atoms with van der Waals surface area (Å²) < 4.78 is 5.20. The van der Waals surface area contributed by atoms with Crippen molar-refractivity contribution in [2.45, 2.75) is 33.3 Å². The molecule has 8 heteroatoms. The van der Waals surface area contributed by atoms with Crippen molar-refractivity contribution in [3.8, 4) is 0 Å². The van der Waals surface area contributed by atoms with Gasteiger partial charge in [-0.05, 0) is 26.9 Å². The third-order valence-corrected chi connectivity index (χ3v) is 3.31. The molecule has 0 rings (SSSR count). The van der Waals surface area contributed by atoms with Crippen LogP contribution in [-0.4, -0.2) is 84.6 Å². The Bertz CT molecular complexity index is 423. The number of ether oxygens (including phenoxy) is 1. The van der Waals surface area contributed by atoms with E-state index in [4.69, 9.17) is 4.74 Å². The predicted octanol–water partition coefficient (Wildman–Crippen LogP) is 1.04. The summed E-state index contributed by atoms with van der Waals surface area (Å²) >= 11 is 0. The minimum Gasteiger partial charge on any atom is -0.444 e. The first-order valence-corrected chi connectivity index (χ1v) is 8.43. The zero-order chi connectivity index (χ0) is 18.2. The Balaban J connectivity index is 4.39. The van der Waals surface area contributed by atoms with Crippen molar-refractivity contribution in [3.05, 3.63) is 0 Å². The Hall–Kier alpha value is -1.36. The largest absolute Gasteiger partial charge is 0.444 e. The molecule has 0 N–H and O–H groups in total. The Morgan fingerprint density at radius 1 is 1.00 bits per heavy atom. The average Bonchev–Trinajstić information content (AvgIpc) is 2.40. The summed E-state index contributed by atoms with van der Waals surface area (Å²) in [5, 5.41) is 0. The van der Waals surface area contributed by atoms with Gasteiger partial charge in [-0.1, -0.05) is 0 Å². The Morgan fingerprint density at radius 2 is 1.57 bits per heavy atom. The molecule has 0 radical (unpaired) electrons. The molecule has 0 aliphatic rings. The molecule has 0 heterocycles. The molecule has 0 fully saturated rings. The molecular weight excluding hydrogens is 317 g/mol. The Kier molecular flexibility index (Phi) is 9.13. The molecule has 0 aliphatic heterocycles. The highest BCUT2D eigenvalue weighted by atomic mass is 31.0. The fourth-order valence-corrected chi connectivity index (χ4v) is 2.02. The second-order valence-corrected chi connectivity index (χ2v) is 7.02. The van der Waals surface area contributed by atoms with Gasteiger partial charge in [0.05, 0.1) is 0 Å². The van der Waals surface area contributed by atoms with E-state index >= 15 is 0 Å². The highest BCUT2D eigenvalue weighted by Gasteiger charge is 2.22. The van der Waals surface area contributed by atoms with E-state index in [9.17, 15) is 14.4 Å². The van der Waals surface area contributed by atoms with Gasteiger partial charge in [0.25, 0.3) is 0 Å². The number of carbonyl (C=O) groups is 3. The van der Waals surface area contributed by atoms with E-state index in [1.165, 1.54) is 23.8 Å². The maximum Gasteiger partial charge on any atom is 0.410 e. The first-order chi connectivity index (χ1) is 10.5. The lowest BCUT2D eigenvalue weighted by Gasteiger charge is -2.27. The average molecular weight is 347 g/mol. The fraction of sp³-hybridized carbons (Fsp3) is 0.800. The lowest BCUT2D eigenvalue weighted by atomic mass is 10.2. The van der Waals surface area contributed by atoms with E-state index in [1.807, 2.05) is 0 Å². The summed E-state index contributed by atoms with van der Waals surface area (Å²) in [6, 6.07) is 0. The van der Waals surface area contributed by atoms with Crippen LogP contribution in [0.5, 0.6) is 0 Å². The van der Waals surface area contributed by atoms with Crippen molar-refractivity contribution in [2.24, 2.45) is 0 Å². The standard InChI is InChI=1S/C15H30N3O4P/c1-12(19)18(9-10-23)8-7-16(5)13(20)11-17(6)14(21)22-15(2,3)4/h7-11,23H2,1-6H3. The molecule has 0 aromatic rings. The highest BCUT2D eigenvalue weighted by molar-refractivity contribution is 7.16. The summed E-state index contributed by atoms with van der Waals surface area (Å²) in [4.78, 5) is 39.9. The predicted molar refractivity (Wildman–Crippen MR) is 93.3 cm³/mol. The van der Waals surface area contributed by atoms with Crippen LogP contribution in [0.2, 0.25) is 0 Å². The van der Waals surface area contributed by atoms with E-state index in [2.05, 4.69) is 9.24 Å². The third kappa shape index (κ3) is 9.39. The minimum absolute atomic E-state index is 0.0147. The molecule has 0 aromatic heterocycles. The first kappa shape index (κ1) is 21.6. The van der Waals surface area contributed by atoms with Gasteiger partial charge in [-0.3, -0.25) is 9.59 Å². The second-order valence-electron chi connectivity index (χ2n) is 6.45. The van der Waals surface area contributed by atoms with Gasteiger partial charge in [0, 0.05) is 40.7 Å². The normalized spacial score (nSPS) is 10.9. The summed E-state index contributed by atoms with van der Waals surface area (Å²) in [7, 11) is 5.76. The van der Waals surface area contributed by atoms with Crippen LogP contribution in [0.1, 0.15) is 27.7 Å². The molecule has 0 aromatic carbocycles. The smallest absolute Gasteiger partial charge is 0.410 e. The topological polar surface area (TPSA) is 70.2 Å². The van der Waals surface area contributed by atoms with E-state index in [0.717, 1.165) is 6.16 Å². The number of hydrogen-bond acceptors (Lipinski definition) is 4. The van der Waals surface area contributed by atoms with Crippen LogP contribution in [0.25, 0.3) is 0 Å². The molecule has 0 saturated heterocycles. The molecule has 134 valence electrons. The highest BCUT2D eigenvalue weighted by Crippen LogP contribution is 2.09. The zero-order valence-corrected chi connectivity index (χ0v) is 16.2. The van der Waals surface area contributed by atoms with E-state index in [-0.39, 0.29) is 18.4 Å². The number of carbonyl (C=O) groups excluding carboxylic acids is 3. The number of likely N-dealkylation sites (N-methyl/N-ethyl adjacent to an activating group) is 2. The van der Waals surface area contributed by atoms with Crippen molar-refractivity contribution >= 4 is 27.1 Å². The third-order valence-electron chi connectivity index (χ3n) is 3.05. The summed E-state index contributed by atoms with van der Waals surface area (Å²) in [6.45, 7) is 8.31. The molecule has 1 unspecified atom stereocenters. The van der Waals surface area contributed by atoms with Crippen molar-refractivity contribution in [2.75, 3.05) is 46.4 Å². The number of rotatable bonds is 7. The SMILES string of the molecule is CC(=O)N(CCP)CCN(C)C(=O)CN(C)C(=O)OC(C)(C)C. The summed E-state index contributed by atoms with van der Waals surface area (Å²) in [5.74, 6) is -0.216. The van der Waals surface area contributed by atoms with Crippen molar-refractivity contribution in [1.82, 2.24) is 14.7 Å². The quantitative estimate of drug-likeness (QED) is 0.645. The van der Waals surface area contributed by atoms with Crippen LogP contribution >= 0.6 is 9.24 Å². The minimum atomic E-state index is -0.597. The number of amides is 3. The molecule has 0 saturated carbocycles. The maximum atomic E-state index is 12.1. The molecule has 0 aliphatic carbocycles. The van der Waals surface area contributed by atoms with Gasteiger partial charge in [-0.2, -0.15) is 0 Å². The summed E-state index contributed by atoms with van der Waals surface area (Å²) in [5.41, 5.74) is -0.597. The van der Waals surface area contributed by atoms with Gasteiger partial charge in [0.1, 0.15) is 12.1 Å². The van der Waals surface area contributed by atoms with Crippen LogP contribution in [-0.2, 0) is 14.3 Å². The van der Waals surface area contributed by atoms with Gasteiger partial charge >= 0.3 is 6.09 Å². The lowest BCUT2D eigenvalue weighted by Crippen LogP contribution is -2.44. The van der Waals surface area contributed by atoms with Gasteiger partial charge in [-0.25, -0.2) is 4.79 Å². The van der Waals surface area contributed by atoms with Gasteiger partial charge < -0.3 is 19.4 Å². The van der Waals surface area contributed by atoms with Crippen LogP contribution in [0.4, 0.5) is 4.79 Å². The maximum absolute atomic E-state index is 12.1. The number of nitrogens with zero attached hydrogens (tertiary/aromatic N) is 3. The Labute approximate surface area is 141 Å². The molecule has 0 spiro atoms. The van der Waals surface area contributed by atoms with E-state index in [0.29, 0.717) is 19.6 Å². The number of hydrogen-bond donors (Lipinski definition) is 0. The molecular formula is C15H30N3O4P. The van der Waals surface area contributed by atoms with Crippen molar-refractivity contribution < 1.29 is 19.1 Å². The zero-order valence-electron chi connectivity index (χ0n) is 15.1. The van der Waals surface area contributed by atoms with Crippen LogP contribution in [0.15, 0.2) is 0 Å². The molecule has 7 nitrogen and oxygen atoms in total. The van der Waals surface area contributed by atoms with E-state index in [1.54, 1.807) is 32.7 Å². The molecule has 0 bridgehead atoms. The molecule has 1 atom stereocenters. The van der Waals surface area contributed by atoms with Crippen molar-refractivity contribution in [3.63, 3.8) is 0 Å². The monoisotopic (exact) mass is 347 g/mol. The molecule has 3 amide bonds. The van der Waals surface area contributed by atoms with Crippen LogP contribution < -0.4 is 0 Å².